The Labute approximate surface area is 160 Å². The minimum atomic E-state index is -0.196. The van der Waals surface area contributed by atoms with Crippen LogP contribution < -0.4 is 24.8 Å². The van der Waals surface area contributed by atoms with Crippen LogP contribution in [0.5, 0.6) is 17.2 Å². The van der Waals surface area contributed by atoms with Crippen molar-refractivity contribution in [1.29, 1.82) is 0 Å². The quantitative estimate of drug-likeness (QED) is 0.706. The van der Waals surface area contributed by atoms with Gasteiger partial charge in [-0.1, -0.05) is 18.2 Å². The number of carbonyl (C=O) groups excluding carboxylic acids is 1. The summed E-state index contributed by atoms with van der Waals surface area (Å²) < 4.78 is 16.1. The Morgan fingerprint density at radius 2 is 1.59 bits per heavy atom. The molecule has 0 atom stereocenters. The normalized spacial score (nSPS) is 10.4. The fourth-order valence-corrected chi connectivity index (χ4v) is 2.56. The van der Waals surface area contributed by atoms with Gasteiger partial charge in [0.1, 0.15) is 5.75 Å². The van der Waals surface area contributed by atoms with Gasteiger partial charge in [0.25, 0.3) is 0 Å². The van der Waals surface area contributed by atoms with E-state index in [0.717, 1.165) is 16.9 Å². The highest BCUT2D eigenvalue weighted by molar-refractivity contribution is 5.73. The molecule has 0 radical (unpaired) electrons. The summed E-state index contributed by atoms with van der Waals surface area (Å²) in [6.45, 7) is 4.97. The standard InChI is InChI=1S/C21H28N2O4/c1-15(2)27-18-8-5-17(6-9-18)14-23-21(24)22-12-11-16-7-10-19(25-3)20(13-16)26-4/h5-10,13,15H,11-12,14H2,1-4H3,(H2,22,23,24). The zero-order valence-electron chi connectivity index (χ0n) is 16.4. The van der Waals surface area contributed by atoms with Crippen LogP contribution in [0.3, 0.4) is 0 Å². The van der Waals surface area contributed by atoms with Crippen LogP contribution in [0.2, 0.25) is 0 Å². The number of rotatable bonds is 9. The van der Waals surface area contributed by atoms with Crippen LogP contribution in [0.1, 0.15) is 25.0 Å². The monoisotopic (exact) mass is 372 g/mol. The third-order valence-corrected chi connectivity index (χ3v) is 3.90. The Bertz CT molecular complexity index is 729. The molecule has 0 aliphatic heterocycles. The van der Waals surface area contributed by atoms with Crippen molar-refractivity contribution in [2.45, 2.75) is 32.9 Å². The van der Waals surface area contributed by atoms with Gasteiger partial charge in [-0.05, 0) is 55.7 Å². The molecule has 0 fully saturated rings. The lowest BCUT2D eigenvalue weighted by Gasteiger charge is -2.11. The van der Waals surface area contributed by atoms with Gasteiger partial charge in [-0.15, -0.1) is 0 Å². The number of methoxy groups -OCH3 is 2. The molecule has 0 aliphatic rings. The molecule has 146 valence electrons. The first-order valence-electron chi connectivity index (χ1n) is 9.00. The minimum Gasteiger partial charge on any atom is -0.493 e. The number of carbonyl (C=O) groups is 1. The lowest BCUT2D eigenvalue weighted by atomic mass is 10.1. The molecule has 0 aromatic heterocycles. The van der Waals surface area contributed by atoms with Crippen LogP contribution >= 0.6 is 0 Å². The molecule has 0 saturated carbocycles. The van der Waals surface area contributed by atoms with Gasteiger partial charge in [0.2, 0.25) is 0 Å². The first-order valence-corrected chi connectivity index (χ1v) is 9.00. The second-order valence-corrected chi connectivity index (χ2v) is 6.36. The fourth-order valence-electron chi connectivity index (χ4n) is 2.56. The molecule has 0 saturated heterocycles. The van der Waals surface area contributed by atoms with Crippen molar-refractivity contribution in [3.05, 3.63) is 53.6 Å². The van der Waals surface area contributed by atoms with E-state index >= 15 is 0 Å². The molecule has 2 aromatic rings. The third kappa shape index (κ3) is 6.73. The lowest BCUT2D eigenvalue weighted by molar-refractivity contribution is 0.240. The summed E-state index contributed by atoms with van der Waals surface area (Å²) in [5, 5.41) is 5.71. The second-order valence-electron chi connectivity index (χ2n) is 6.36. The average molecular weight is 372 g/mol. The Morgan fingerprint density at radius 1 is 0.926 bits per heavy atom. The summed E-state index contributed by atoms with van der Waals surface area (Å²) in [4.78, 5) is 12.0. The Kier molecular flexibility index (Phi) is 7.79. The van der Waals surface area contributed by atoms with Crippen molar-refractivity contribution in [1.82, 2.24) is 10.6 Å². The summed E-state index contributed by atoms with van der Waals surface area (Å²) in [6.07, 6.45) is 0.847. The number of hydrogen-bond acceptors (Lipinski definition) is 4. The van der Waals surface area contributed by atoms with Gasteiger partial charge in [-0.25, -0.2) is 4.79 Å². The molecule has 27 heavy (non-hydrogen) atoms. The number of nitrogens with one attached hydrogen (secondary N) is 2. The van der Waals surface area contributed by atoms with Crippen LogP contribution in [0.4, 0.5) is 4.79 Å². The molecule has 0 unspecified atom stereocenters. The zero-order valence-corrected chi connectivity index (χ0v) is 16.4. The number of ether oxygens (including phenoxy) is 3. The van der Waals surface area contributed by atoms with Crippen molar-refractivity contribution < 1.29 is 19.0 Å². The molecule has 2 N–H and O–H groups in total. The average Bonchev–Trinajstić information content (AvgIpc) is 2.67. The van der Waals surface area contributed by atoms with Crippen LogP contribution in [0, 0.1) is 0 Å². The molecular weight excluding hydrogens is 344 g/mol. The first kappa shape index (κ1) is 20.4. The number of benzene rings is 2. The molecule has 0 spiro atoms. The van der Waals surface area contributed by atoms with Gasteiger partial charge in [-0.2, -0.15) is 0 Å². The van der Waals surface area contributed by atoms with Gasteiger partial charge < -0.3 is 24.8 Å². The van der Waals surface area contributed by atoms with Crippen LogP contribution in [-0.4, -0.2) is 32.9 Å². The molecular formula is C21H28N2O4. The van der Waals surface area contributed by atoms with Crippen molar-refractivity contribution in [3.63, 3.8) is 0 Å². The highest BCUT2D eigenvalue weighted by atomic mass is 16.5. The van der Waals surface area contributed by atoms with E-state index in [4.69, 9.17) is 14.2 Å². The SMILES string of the molecule is COc1ccc(CCNC(=O)NCc2ccc(OC(C)C)cc2)cc1OC. The molecule has 2 aromatic carbocycles. The van der Waals surface area contributed by atoms with Gasteiger partial charge in [0.05, 0.1) is 20.3 Å². The van der Waals surface area contributed by atoms with Crippen LogP contribution in [0.25, 0.3) is 0 Å². The molecule has 0 bridgehead atoms. The van der Waals surface area contributed by atoms with Gasteiger partial charge in [0.15, 0.2) is 11.5 Å². The number of urea groups is 1. The molecule has 2 amide bonds. The Morgan fingerprint density at radius 3 is 2.22 bits per heavy atom. The van der Waals surface area contributed by atoms with E-state index in [1.165, 1.54) is 0 Å². The van der Waals surface area contributed by atoms with Crippen molar-refractivity contribution >= 4 is 6.03 Å². The van der Waals surface area contributed by atoms with E-state index in [1.54, 1.807) is 14.2 Å². The zero-order chi connectivity index (χ0) is 19.6. The number of hydrogen-bond donors (Lipinski definition) is 2. The smallest absolute Gasteiger partial charge is 0.315 e. The first-order chi connectivity index (χ1) is 13.0. The maximum atomic E-state index is 12.0. The summed E-state index contributed by atoms with van der Waals surface area (Å²) in [5.74, 6) is 2.20. The van der Waals surface area contributed by atoms with Gasteiger partial charge >= 0.3 is 6.03 Å². The van der Waals surface area contributed by atoms with E-state index in [1.807, 2.05) is 56.3 Å². The minimum absolute atomic E-state index is 0.144. The van der Waals surface area contributed by atoms with Gasteiger partial charge in [0, 0.05) is 13.1 Å². The van der Waals surface area contributed by atoms with Crippen molar-refractivity contribution in [3.8, 4) is 17.2 Å². The van der Waals surface area contributed by atoms with Crippen LogP contribution in [0.15, 0.2) is 42.5 Å². The molecule has 6 nitrogen and oxygen atoms in total. The van der Waals surface area contributed by atoms with Crippen molar-refractivity contribution in [2.24, 2.45) is 0 Å². The highest BCUT2D eigenvalue weighted by Gasteiger charge is 2.06. The topological polar surface area (TPSA) is 68.8 Å². The predicted octanol–water partition coefficient (Wildman–Crippen LogP) is 3.53. The summed E-state index contributed by atoms with van der Waals surface area (Å²) in [5.41, 5.74) is 2.08. The maximum absolute atomic E-state index is 12.0. The Balaban J connectivity index is 1.73. The Hall–Kier alpha value is -2.89. The summed E-state index contributed by atoms with van der Waals surface area (Å²) >= 11 is 0. The fraction of sp³-hybridized carbons (Fsp3) is 0.381. The highest BCUT2D eigenvalue weighted by Crippen LogP contribution is 2.27. The summed E-state index contributed by atoms with van der Waals surface area (Å²) in [7, 11) is 3.21. The molecule has 0 heterocycles. The summed E-state index contributed by atoms with van der Waals surface area (Å²) in [6, 6.07) is 13.3. The second kappa shape index (κ2) is 10.3. The van der Waals surface area contributed by atoms with Crippen molar-refractivity contribution in [2.75, 3.05) is 20.8 Å². The molecule has 6 heteroatoms. The molecule has 0 aliphatic carbocycles. The number of amides is 2. The predicted molar refractivity (Wildman–Crippen MR) is 106 cm³/mol. The largest absolute Gasteiger partial charge is 0.493 e. The lowest BCUT2D eigenvalue weighted by Crippen LogP contribution is -2.36. The third-order valence-electron chi connectivity index (χ3n) is 3.90. The van der Waals surface area contributed by atoms with E-state index in [2.05, 4.69) is 10.6 Å². The van der Waals surface area contributed by atoms with E-state index < -0.39 is 0 Å². The van der Waals surface area contributed by atoms with E-state index in [-0.39, 0.29) is 12.1 Å². The molecule has 2 rings (SSSR count). The maximum Gasteiger partial charge on any atom is 0.315 e. The van der Waals surface area contributed by atoms with Crippen LogP contribution in [-0.2, 0) is 13.0 Å². The van der Waals surface area contributed by atoms with Gasteiger partial charge in [-0.3, -0.25) is 0 Å². The van der Waals surface area contributed by atoms with E-state index in [0.29, 0.717) is 31.0 Å². The van der Waals surface area contributed by atoms with E-state index in [9.17, 15) is 4.79 Å².